The maximum atomic E-state index is 13.1. The molecule has 3 rings (SSSR count). The quantitative estimate of drug-likeness (QED) is 0.752. The Morgan fingerprint density at radius 1 is 1.11 bits per heavy atom. The molecule has 160 valence electrons. The lowest BCUT2D eigenvalue weighted by Gasteiger charge is -2.46. The average Bonchev–Trinajstić information content (AvgIpc) is 2.64. The smallest absolute Gasteiger partial charge is 0.229 e. The van der Waals surface area contributed by atoms with E-state index in [0.717, 1.165) is 44.1 Å². The van der Waals surface area contributed by atoms with E-state index in [1.165, 1.54) is 12.8 Å². The van der Waals surface area contributed by atoms with Crippen molar-refractivity contribution in [1.82, 2.24) is 15.1 Å². The van der Waals surface area contributed by atoms with Crippen LogP contribution in [0.3, 0.4) is 0 Å². The maximum absolute atomic E-state index is 13.1. The van der Waals surface area contributed by atoms with E-state index in [1.54, 1.807) is 11.8 Å². The molecule has 1 aliphatic carbocycles. The van der Waals surface area contributed by atoms with Crippen LogP contribution in [0.4, 0.5) is 0 Å². The molecule has 2 heterocycles. The number of amides is 2. The van der Waals surface area contributed by atoms with Gasteiger partial charge in [-0.3, -0.25) is 9.59 Å². The number of likely N-dealkylation sites (N-methyl/N-ethyl adjacent to an activating group) is 1. The zero-order valence-electron chi connectivity index (χ0n) is 18.2. The minimum absolute atomic E-state index is 0.0384. The Kier molecular flexibility index (Phi) is 7.37. The topological polar surface area (TPSA) is 61.9 Å². The van der Waals surface area contributed by atoms with Crippen LogP contribution in [-0.2, 0) is 14.3 Å². The molecule has 3 aliphatic rings. The third-order valence-electron chi connectivity index (χ3n) is 7.27. The molecule has 2 atom stereocenters. The van der Waals surface area contributed by atoms with E-state index >= 15 is 0 Å². The van der Waals surface area contributed by atoms with Crippen LogP contribution < -0.4 is 5.32 Å². The van der Waals surface area contributed by atoms with Crippen molar-refractivity contribution in [2.75, 3.05) is 33.3 Å². The molecule has 1 N–H and O–H groups in total. The Bertz CT molecular complexity index is 539. The van der Waals surface area contributed by atoms with Gasteiger partial charge in [0.25, 0.3) is 0 Å². The third kappa shape index (κ3) is 4.88. The van der Waals surface area contributed by atoms with Crippen molar-refractivity contribution in [3.8, 4) is 0 Å². The molecule has 0 radical (unpaired) electrons. The van der Waals surface area contributed by atoms with Gasteiger partial charge in [0.05, 0.1) is 24.7 Å². The fourth-order valence-electron chi connectivity index (χ4n) is 5.16. The zero-order valence-corrected chi connectivity index (χ0v) is 18.2. The summed E-state index contributed by atoms with van der Waals surface area (Å²) in [6.07, 6.45) is 7.24. The molecule has 0 aromatic carbocycles. The molecule has 2 amide bonds. The first-order chi connectivity index (χ1) is 13.4. The number of nitrogens with one attached hydrogen (secondary N) is 1. The summed E-state index contributed by atoms with van der Waals surface area (Å²) >= 11 is 0. The van der Waals surface area contributed by atoms with Crippen LogP contribution in [0.25, 0.3) is 0 Å². The van der Waals surface area contributed by atoms with Gasteiger partial charge in [-0.25, -0.2) is 0 Å². The van der Waals surface area contributed by atoms with E-state index in [9.17, 15) is 9.59 Å². The number of piperidine rings is 1. The summed E-state index contributed by atoms with van der Waals surface area (Å²) in [7, 11) is 1.99. The van der Waals surface area contributed by atoms with E-state index < -0.39 is 0 Å². The number of nitrogens with zero attached hydrogens (tertiary/aromatic N) is 2. The van der Waals surface area contributed by atoms with E-state index in [-0.39, 0.29) is 29.8 Å². The molecule has 3 fully saturated rings. The number of hydrogen-bond donors (Lipinski definition) is 1. The van der Waals surface area contributed by atoms with Crippen molar-refractivity contribution in [1.29, 1.82) is 0 Å². The van der Waals surface area contributed by atoms with Crippen LogP contribution in [0, 0.1) is 17.8 Å². The lowest BCUT2D eigenvalue weighted by Crippen LogP contribution is -2.63. The fraction of sp³-hybridized carbons (Fsp3) is 0.909. The fourth-order valence-corrected chi connectivity index (χ4v) is 5.16. The lowest BCUT2D eigenvalue weighted by atomic mass is 9.80. The van der Waals surface area contributed by atoms with Crippen LogP contribution >= 0.6 is 0 Å². The Morgan fingerprint density at radius 2 is 1.79 bits per heavy atom. The Balaban J connectivity index is 1.54. The summed E-state index contributed by atoms with van der Waals surface area (Å²) in [6, 6.07) is 0.383. The summed E-state index contributed by atoms with van der Waals surface area (Å²) < 4.78 is 6.36. The van der Waals surface area contributed by atoms with Crippen LogP contribution in [0.15, 0.2) is 0 Å². The molecule has 6 nitrogen and oxygen atoms in total. The Hall–Kier alpha value is -1.14. The molecule has 2 aliphatic heterocycles. The highest BCUT2D eigenvalue weighted by Crippen LogP contribution is 2.32. The second-order valence-corrected chi connectivity index (χ2v) is 9.37. The van der Waals surface area contributed by atoms with Gasteiger partial charge in [0, 0.05) is 32.6 Å². The average molecular weight is 394 g/mol. The molecule has 0 unspecified atom stereocenters. The highest BCUT2D eigenvalue weighted by Gasteiger charge is 2.41. The first-order valence-electron chi connectivity index (χ1n) is 11.3. The standard InChI is InChI=1S/C22H39N3O3/c1-15(2)17-7-9-19(10-8-17)28-14-21-20(23-4)6-5-11-25(21)22(27)18-12-24(13-18)16(3)26/h15,17-21,23H,5-14H2,1-4H3/t17?,19?,20-,21-/m0/s1. The molecule has 0 spiro atoms. The summed E-state index contributed by atoms with van der Waals surface area (Å²) in [5.41, 5.74) is 0. The lowest BCUT2D eigenvalue weighted by molar-refractivity contribution is -0.152. The highest BCUT2D eigenvalue weighted by molar-refractivity contribution is 5.84. The van der Waals surface area contributed by atoms with Crippen molar-refractivity contribution >= 4 is 11.8 Å². The summed E-state index contributed by atoms with van der Waals surface area (Å²) in [6.45, 7) is 8.79. The predicted octanol–water partition coefficient (Wildman–Crippen LogP) is 2.28. The summed E-state index contributed by atoms with van der Waals surface area (Å²) in [4.78, 5) is 28.3. The van der Waals surface area contributed by atoms with E-state index in [2.05, 4.69) is 19.2 Å². The normalized spacial score (nSPS) is 31.8. The predicted molar refractivity (Wildman–Crippen MR) is 110 cm³/mol. The van der Waals surface area contributed by atoms with Crippen molar-refractivity contribution in [2.45, 2.75) is 77.5 Å². The van der Waals surface area contributed by atoms with Crippen LogP contribution in [0.1, 0.15) is 59.3 Å². The Labute approximate surface area is 170 Å². The van der Waals surface area contributed by atoms with Gasteiger partial charge in [0.15, 0.2) is 0 Å². The molecule has 0 aromatic rings. The van der Waals surface area contributed by atoms with E-state index in [1.807, 2.05) is 11.9 Å². The number of rotatable bonds is 6. The van der Waals surface area contributed by atoms with Gasteiger partial charge in [-0.2, -0.15) is 0 Å². The van der Waals surface area contributed by atoms with Gasteiger partial charge >= 0.3 is 0 Å². The molecule has 0 bridgehead atoms. The third-order valence-corrected chi connectivity index (χ3v) is 7.27. The molecule has 0 aromatic heterocycles. The van der Waals surface area contributed by atoms with Crippen molar-refractivity contribution in [2.24, 2.45) is 17.8 Å². The van der Waals surface area contributed by atoms with Crippen molar-refractivity contribution in [3.05, 3.63) is 0 Å². The second-order valence-electron chi connectivity index (χ2n) is 9.37. The number of likely N-dealkylation sites (tertiary alicyclic amines) is 2. The van der Waals surface area contributed by atoms with Crippen molar-refractivity contribution in [3.63, 3.8) is 0 Å². The van der Waals surface area contributed by atoms with E-state index in [4.69, 9.17) is 4.74 Å². The molecule has 1 saturated carbocycles. The van der Waals surface area contributed by atoms with Gasteiger partial charge in [-0.15, -0.1) is 0 Å². The number of ether oxygens (including phenoxy) is 1. The van der Waals surface area contributed by atoms with Gasteiger partial charge < -0.3 is 19.9 Å². The minimum Gasteiger partial charge on any atom is -0.376 e. The van der Waals surface area contributed by atoms with Gasteiger partial charge in [0.1, 0.15) is 0 Å². The number of hydrogen-bond acceptors (Lipinski definition) is 4. The highest BCUT2D eigenvalue weighted by atomic mass is 16.5. The monoisotopic (exact) mass is 393 g/mol. The van der Waals surface area contributed by atoms with Gasteiger partial charge in [-0.1, -0.05) is 13.8 Å². The van der Waals surface area contributed by atoms with Crippen LogP contribution in [0.2, 0.25) is 0 Å². The minimum atomic E-state index is -0.0384. The van der Waals surface area contributed by atoms with E-state index in [0.29, 0.717) is 25.8 Å². The largest absolute Gasteiger partial charge is 0.376 e. The summed E-state index contributed by atoms with van der Waals surface area (Å²) in [5.74, 6) is 1.82. The first kappa shape index (κ1) is 21.6. The molecular weight excluding hydrogens is 354 g/mol. The number of carbonyl (C=O) groups is 2. The van der Waals surface area contributed by atoms with Crippen LogP contribution in [0.5, 0.6) is 0 Å². The first-order valence-corrected chi connectivity index (χ1v) is 11.3. The second kappa shape index (κ2) is 9.57. The van der Waals surface area contributed by atoms with Crippen LogP contribution in [-0.4, -0.2) is 73.1 Å². The molecule has 2 saturated heterocycles. The van der Waals surface area contributed by atoms with Gasteiger partial charge in [0.2, 0.25) is 11.8 Å². The van der Waals surface area contributed by atoms with Gasteiger partial charge in [-0.05, 0) is 57.4 Å². The molecular formula is C22H39N3O3. The zero-order chi connectivity index (χ0) is 20.3. The maximum Gasteiger partial charge on any atom is 0.229 e. The summed E-state index contributed by atoms with van der Waals surface area (Å²) in [5, 5.41) is 3.41. The van der Waals surface area contributed by atoms with Crippen molar-refractivity contribution < 1.29 is 14.3 Å². The Morgan fingerprint density at radius 3 is 2.36 bits per heavy atom. The molecule has 28 heavy (non-hydrogen) atoms. The molecule has 6 heteroatoms. The SMILES string of the molecule is CN[C@H]1CCCN(C(=O)C2CN(C(C)=O)C2)[C@H]1COC1CCC(C(C)C)CC1. The number of carbonyl (C=O) groups excluding carboxylic acids is 2.